The molecule has 1 aliphatic heterocycles. The van der Waals surface area contributed by atoms with Crippen molar-refractivity contribution in [2.45, 2.75) is 32.5 Å². The Morgan fingerprint density at radius 3 is 2.50 bits per heavy atom. The highest BCUT2D eigenvalue weighted by molar-refractivity contribution is 6.04. The third kappa shape index (κ3) is 4.04. The van der Waals surface area contributed by atoms with Gasteiger partial charge < -0.3 is 15.2 Å². The molecule has 2 unspecified atom stereocenters. The van der Waals surface area contributed by atoms with Gasteiger partial charge in [0.25, 0.3) is 5.91 Å². The van der Waals surface area contributed by atoms with Crippen molar-refractivity contribution in [1.82, 2.24) is 20.2 Å². The molecule has 2 aromatic heterocycles. The third-order valence-electron chi connectivity index (χ3n) is 7.32. The quantitative estimate of drug-likeness (QED) is 0.310. The number of nitrogens with zero attached hydrogens (tertiary/aromatic N) is 2. The number of carbonyl (C=O) groups is 2. The second-order valence-electron chi connectivity index (χ2n) is 9.74. The van der Waals surface area contributed by atoms with Gasteiger partial charge >= 0.3 is 0 Å². The zero-order chi connectivity index (χ0) is 26.2. The summed E-state index contributed by atoms with van der Waals surface area (Å²) < 4.78 is 0. The molecule has 6 nitrogen and oxygen atoms in total. The van der Waals surface area contributed by atoms with Crippen LogP contribution in [-0.4, -0.2) is 32.7 Å². The Balaban J connectivity index is 1.47. The number of aromatic amines is 1. The summed E-state index contributed by atoms with van der Waals surface area (Å²) in [5, 5.41) is 4.01. The average molecular weight is 501 g/mol. The van der Waals surface area contributed by atoms with Crippen molar-refractivity contribution < 1.29 is 9.59 Å². The van der Waals surface area contributed by atoms with Crippen molar-refractivity contribution in [1.29, 1.82) is 0 Å². The van der Waals surface area contributed by atoms with E-state index in [-0.39, 0.29) is 11.8 Å². The van der Waals surface area contributed by atoms with Crippen LogP contribution in [0.5, 0.6) is 0 Å². The molecule has 2 atom stereocenters. The van der Waals surface area contributed by atoms with Gasteiger partial charge in [-0.3, -0.25) is 14.6 Å². The minimum absolute atomic E-state index is 0.147. The highest BCUT2D eigenvalue weighted by Gasteiger charge is 2.44. The maximum Gasteiger partial charge on any atom is 0.255 e. The average Bonchev–Trinajstić information content (AvgIpc) is 3.47. The first kappa shape index (κ1) is 23.7. The molecule has 6 heteroatoms. The predicted octanol–water partition coefficient (Wildman–Crippen LogP) is 5.79. The number of hydrogen-bond acceptors (Lipinski definition) is 3. The summed E-state index contributed by atoms with van der Waals surface area (Å²) in [7, 11) is 0. The maximum atomic E-state index is 13.9. The largest absolute Gasteiger partial charge is 0.354 e. The van der Waals surface area contributed by atoms with E-state index in [1.54, 1.807) is 18.0 Å². The molecule has 3 heterocycles. The number of H-pyrrole nitrogens is 1. The fourth-order valence-electron chi connectivity index (χ4n) is 5.38. The highest BCUT2D eigenvalue weighted by Crippen LogP contribution is 2.46. The highest BCUT2D eigenvalue weighted by atomic mass is 16.2. The number of aryl methyl sites for hydroxylation is 1. The SMILES string of the molecule is Cc1ccc(-c2[nH]c3ccccc3c2C2c3ccccc3C(=O)N2C(C)C(=O)NCc2ccccn2)cc1. The van der Waals surface area contributed by atoms with Gasteiger partial charge in [0.05, 0.1) is 24.0 Å². The van der Waals surface area contributed by atoms with Crippen LogP contribution in [0.25, 0.3) is 22.2 Å². The van der Waals surface area contributed by atoms with Crippen LogP contribution in [0.1, 0.15) is 45.7 Å². The van der Waals surface area contributed by atoms with Crippen molar-refractivity contribution in [3.63, 3.8) is 0 Å². The van der Waals surface area contributed by atoms with E-state index in [4.69, 9.17) is 0 Å². The van der Waals surface area contributed by atoms with E-state index in [9.17, 15) is 9.59 Å². The van der Waals surface area contributed by atoms with Gasteiger partial charge in [-0.2, -0.15) is 0 Å². The smallest absolute Gasteiger partial charge is 0.255 e. The topological polar surface area (TPSA) is 78.1 Å². The molecule has 188 valence electrons. The second kappa shape index (κ2) is 9.63. The molecule has 2 N–H and O–H groups in total. The number of benzene rings is 3. The van der Waals surface area contributed by atoms with E-state index in [0.29, 0.717) is 12.1 Å². The Labute approximate surface area is 221 Å². The summed E-state index contributed by atoms with van der Waals surface area (Å²) >= 11 is 0. The second-order valence-corrected chi connectivity index (χ2v) is 9.74. The van der Waals surface area contributed by atoms with Crippen molar-refractivity contribution in [3.8, 4) is 11.3 Å². The zero-order valence-corrected chi connectivity index (χ0v) is 21.3. The van der Waals surface area contributed by atoms with Gasteiger partial charge in [-0.1, -0.05) is 72.3 Å². The van der Waals surface area contributed by atoms with Crippen LogP contribution in [0, 0.1) is 6.92 Å². The molecule has 0 fully saturated rings. The molecular formula is C32H28N4O2. The van der Waals surface area contributed by atoms with Gasteiger partial charge in [-0.15, -0.1) is 0 Å². The molecule has 1 aliphatic rings. The molecule has 0 saturated heterocycles. The number of pyridine rings is 1. The van der Waals surface area contributed by atoms with Crippen LogP contribution >= 0.6 is 0 Å². The molecule has 0 spiro atoms. The molecule has 6 rings (SSSR count). The van der Waals surface area contributed by atoms with E-state index >= 15 is 0 Å². The molecule has 5 aromatic rings. The van der Waals surface area contributed by atoms with E-state index in [1.165, 1.54) is 5.56 Å². The van der Waals surface area contributed by atoms with Gasteiger partial charge in [0.15, 0.2) is 0 Å². The lowest BCUT2D eigenvalue weighted by Crippen LogP contribution is -2.47. The van der Waals surface area contributed by atoms with Crippen molar-refractivity contribution >= 4 is 22.7 Å². The normalized spacial score (nSPS) is 15.5. The summed E-state index contributed by atoms with van der Waals surface area (Å²) in [5.74, 6) is -0.371. The van der Waals surface area contributed by atoms with Gasteiger partial charge in [0.1, 0.15) is 6.04 Å². The summed E-state index contributed by atoms with van der Waals surface area (Å²) in [5.41, 5.74) is 7.43. The lowest BCUT2D eigenvalue weighted by Gasteiger charge is -2.31. The number of hydrogen-bond donors (Lipinski definition) is 2. The van der Waals surface area contributed by atoms with E-state index < -0.39 is 12.1 Å². The van der Waals surface area contributed by atoms with Gasteiger partial charge in [-0.25, -0.2) is 0 Å². The number of nitrogens with one attached hydrogen (secondary N) is 2. The fourth-order valence-corrected chi connectivity index (χ4v) is 5.38. The Kier molecular flexibility index (Phi) is 6.00. The number of rotatable bonds is 6. The Bertz CT molecular complexity index is 1640. The van der Waals surface area contributed by atoms with Crippen LogP contribution in [0.3, 0.4) is 0 Å². The summed E-state index contributed by atoms with van der Waals surface area (Å²) in [6.45, 7) is 4.16. The van der Waals surface area contributed by atoms with Crippen molar-refractivity contribution in [2.24, 2.45) is 0 Å². The summed E-state index contributed by atoms with van der Waals surface area (Å²) in [6, 6.07) is 28.6. The first-order valence-corrected chi connectivity index (χ1v) is 12.8. The van der Waals surface area contributed by atoms with Gasteiger partial charge in [0, 0.05) is 28.2 Å². The number of para-hydroxylation sites is 1. The minimum Gasteiger partial charge on any atom is -0.354 e. The van der Waals surface area contributed by atoms with Crippen LogP contribution < -0.4 is 5.32 Å². The molecular weight excluding hydrogens is 472 g/mol. The molecule has 0 bridgehead atoms. The predicted molar refractivity (Wildman–Crippen MR) is 148 cm³/mol. The number of carbonyl (C=O) groups excluding carboxylic acids is 2. The lowest BCUT2D eigenvalue weighted by molar-refractivity contribution is -0.125. The maximum absolute atomic E-state index is 13.9. The van der Waals surface area contributed by atoms with E-state index in [1.807, 2.05) is 60.7 Å². The lowest BCUT2D eigenvalue weighted by atomic mass is 9.92. The van der Waals surface area contributed by atoms with Gasteiger partial charge in [0.2, 0.25) is 5.91 Å². The van der Waals surface area contributed by atoms with Crippen molar-refractivity contribution in [2.75, 3.05) is 0 Å². The van der Waals surface area contributed by atoms with Crippen molar-refractivity contribution in [3.05, 3.63) is 125 Å². The van der Waals surface area contributed by atoms with E-state index in [0.717, 1.165) is 39.0 Å². The summed E-state index contributed by atoms with van der Waals surface area (Å²) in [4.78, 5) is 36.9. The fraction of sp³-hybridized carbons (Fsp3) is 0.156. The van der Waals surface area contributed by atoms with Crippen LogP contribution in [0.4, 0.5) is 0 Å². The van der Waals surface area contributed by atoms with Crippen LogP contribution in [0.2, 0.25) is 0 Å². The molecule has 38 heavy (non-hydrogen) atoms. The molecule has 0 aliphatic carbocycles. The summed E-state index contributed by atoms with van der Waals surface area (Å²) in [6.07, 6.45) is 1.70. The van der Waals surface area contributed by atoms with E-state index in [2.05, 4.69) is 52.5 Å². The Morgan fingerprint density at radius 2 is 1.71 bits per heavy atom. The number of aromatic nitrogens is 2. The molecule has 0 radical (unpaired) electrons. The molecule has 0 saturated carbocycles. The van der Waals surface area contributed by atoms with Crippen LogP contribution in [0.15, 0.2) is 97.2 Å². The molecule has 2 amide bonds. The third-order valence-corrected chi connectivity index (χ3v) is 7.32. The van der Waals surface area contributed by atoms with Crippen LogP contribution in [-0.2, 0) is 11.3 Å². The van der Waals surface area contributed by atoms with Gasteiger partial charge in [-0.05, 0) is 49.2 Å². The first-order chi connectivity index (χ1) is 18.5. The standard InChI is InChI=1S/C32H28N4O2/c1-20-14-16-22(17-15-20)29-28(26-12-5-6-13-27(26)35-29)30-24-10-3-4-11-25(24)32(38)36(30)21(2)31(37)34-19-23-9-7-8-18-33-23/h3-18,21,30,35H,19H2,1-2H3,(H,34,37). The first-order valence-electron chi connectivity index (χ1n) is 12.8. The Morgan fingerprint density at radius 1 is 0.974 bits per heavy atom. The monoisotopic (exact) mass is 500 g/mol. The Hall–Kier alpha value is -4.71. The zero-order valence-electron chi connectivity index (χ0n) is 21.3. The number of amides is 2. The minimum atomic E-state index is -0.705. The number of fused-ring (bicyclic) bond motifs is 2. The molecule has 3 aromatic carbocycles.